The van der Waals surface area contributed by atoms with Crippen molar-refractivity contribution in [1.29, 1.82) is 0 Å². The maximum Gasteiger partial charge on any atom is 0.253 e. The summed E-state index contributed by atoms with van der Waals surface area (Å²) in [5.41, 5.74) is 1.72. The van der Waals surface area contributed by atoms with Crippen LogP contribution >= 0.6 is 0 Å². The van der Waals surface area contributed by atoms with Gasteiger partial charge < -0.3 is 4.90 Å². The highest BCUT2D eigenvalue weighted by atomic mass is 32.2. The summed E-state index contributed by atoms with van der Waals surface area (Å²) in [5, 5.41) is 2.51. The average molecular weight is 466 g/mol. The van der Waals surface area contributed by atoms with E-state index in [0.29, 0.717) is 31.7 Å². The zero-order valence-electron chi connectivity index (χ0n) is 19.3. The Kier molecular flexibility index (Phi) is 7.12. The fourth-order valence-electron chi connectivity index (χ4n) is 4.47. The van der Waals surface area contributed by atoms with Gasteiger partial charge in [0, 0.05) is 51.4 Å². The molecule has 1 fully saturated rings. The molecule has 0 radical (unpaired) electrons. The molecule has 0 bridgehead atoms. The van der Waals surface area contributed by atoms with E-state index in [-0.39, 0.29) is 10.8 Å². The maximum absolute atomic E-state index is 13.1. The van der Waals surface area contributed by atoms with Gasteiger partial charge in [-0.2, -0.15) is 4.31 Å². The summed E-state index contributed by atoms with van der Waals surface area (Å²) in [4.78, 5) is 17.5. The van der Waals surface area contributed by atoms with Crippen LogP contribution in [0.4, 0.5) is 0 Å². The quantitative estimate of drug-likeness (QED) is 0.532. The minimum atomic E-state index is -3.59. The molecular formula is C26H31N3O3S. The van der Waals surface area contributed by atoms with Gasteiger partial charge in [-0.05, 0) is 34.5 Å². The van der Waals surface area contributed by atoms with Crippen LogP contribution in [0.1, 0.15) is 29.8 Å². The van der Waals surface area contributed by atoms with E-state index in [9.17, 15) is 13.2 Å². The number of benzene rings is 3. The van der Waals surface area contributed by atoms with Crippen molar-refractivity contribution in [3.63, 3.8) is 0 Å². The van der Waals surface area contributed by atoms with Gasteiger partial charge in [0.25, 0.3) is 5.91 Å². The SMILES string of the molecule is CCN(CC)S(=O)(=O)c1cccc(C(=O)N2CCN(Cc3cccc4ccccc34)CC2)c1. The molecule has 0 aliphatic carbocycles. The number of nitrogens with zero attached hydrogens (tertiary/aromatic N) is 3. The lowest BCUT2D eigenvalue weighted by molar-refractivity contribution is 0.0628. The molecule has 33 heavy (non-hydrogen) atoms. The fraction of sp³-hybridized carbons (Fsp3) is 0.346. The zero-order valence-corrected chi connectivity index (χ0v) is 20.1. The van der Waals surface area contributed by atoms with Crippen molar-refractivity contribution in [2.75, 3.05) is 39.3 Å². The van der Waals surface area contributed by atoms with Gasteiger partial charge in [-0.15, -0.1) is 0 Å². The van der Waals surface area contributed by atoms with E-state index in [1.54, 1.807) is 18.2 Å². The molecule has 7 heteroatoms. The normalized spacial score (nSPS) is 15.3. The molecule has 0 aromatic heterocycles. The summed E-state index contributed by atoms with van der Waals surface area (Å²) in [6.45, 7) is 8.08. The third kappa shape index (κ3) is 4.95. The average Bonchev–Trinajstić information content (AvgIpc) is 2.85. The number of carbonyl (C=O) groups is 1. The van der Waals surface area contributed by atoms with Crippen LogP contribution in [0.5, 0.6) is 0 Å². The van der Waals surface area contributed by atoms with Crippen LogP contribution in [0.15, 0.2) is 71.6 Å². The zero-order chi connectivity index (χ0) is 23.4. The van der Waals surface area contributed by atoms with Crippen molar-refractivity contribution in [3.05, 3.63) is 77.9 Å². The number of piperazine rings is 1. The number of hydrogen-bond donors (Lipinski definition) is 0. The van der Waals surface area contributed by atoms with Crippen molar-refractivity contribution in [3.8, 4) is 0 Å². The predicted octanol–water partition coefficient (Wildman–Crippen LogP) is 3.83. The van der Waals surface area contributed by atoms with E-state index < -0.39 is 10.0 Å². The molecule has 0 spiro atoms. The van der Waals surface area contributed by atoms with Crippen LogP contribution in [0.3, 0.4) is 0 Å². The lowest BCUT2D eigenvalue weighted by atomic mass is 10.0. The molecule has 0 unspecified atom stereocenters. The van der Waals surface area contributed by atoms with E-state index >= 15 is 0 Å². The minimum Gasteiger partial charge on any atom is -0.336 e. The van der Waals surface area contributed by atoms with Gasteiger partial charge in [0.1, 0.15) is 0 Å². The number of amides is 1. The molecule has 3 aromatic rings. The minimum absolute atomic E-state index is 0.114. The number of sulfonamides is 1. The van der Waals surface area contributed by atoms with Crippen molar-refractivity contribution in [2.24, 2.45) is 0 Å². The van der Waals surface area contributed by atoms with Crippen molar-refractivity contribution in [1.82, 2.24) is 14.1 Å². The van der Waals surface area contributed by atoms with E-state index in [4.69, 9.17) is 0 Å². The van der Waals surface area contributed by atoms with Gasteiger partial charge in [-0.25, -0.2) is 8.42 Å². The Morgan fingerprint density at radius 3 is 2.27 bits per heavy atom. The second kappa shape index (κ2) is 10.0. The lowest BCUT2D eigenvalue weighted by Crippen LogP contribution is -2.48. The van der Waals surface area contributed by atoms with E-state index in [0.717, 1.165) is 19.6 Å². The largest absolute Gasteiger partial charge is 0.336 e. The van der Waals surface area contributed by atoms with Crippen LogP contribution in [-0.2, 0) is 16.6 Å². The topological polar surface area (TPSA) is 60.9 Å². The predicted molar refractivity (Wildman–Crippen MR) is 132 cm³/mol. The van der Waals surface area contributed by atoms with Crippen LogP contribution in [0.2, 0.25) is 0 Å². The lowest BCUT2D eigenvalue weighted by Gasteiger charge is -2.35. The van der Waals surface area contributed by atoms with Gasteiger partial charge >= 0.3 is 0 Å². The second-order valence-corrected chi connectivity index (χ2v) is 10.3. The molecule has 0 saturated carbocycles. The van der Waals surface area contributed by atoms with Crippen LogP contribution in [0.25, 0.3) is 10.8 Å². The third-order valence-corrected chi connectivity index (χ3v) is 8.40. The molecule has 3 aromatic carbocycles. The summed E-state index contributed by atoms with van der Waals surface area (Å²) < 4.78 is 27.1. The number of rotatable bonds is 7. The smallest absolute Gasteiger partial charge is 0.253 e. The highest BCUT2D eigenvalue weighted by Gasteiger charge is 2.26. The summed E-state index contributed by atoms with van der Waals surface area (Å²) in [6.07, 6.45) is 0. The van der Waals surface area contributed by atoms with Gasteiger partial charge in [-0.1, -0.05) is 62.4 Å². The third-order valence-electron chi connectivity index (χ3n) is 6.36. The van der Waals surface area contributed by atoms with Crippen LogP contribution in [0, 0.1) is 0 Å². The van der Waals surface area contributed by atoms with Gasteiger partial charge in [0.05, 0.1) is 4.90 Å². The second-order valence-electron chi connectivity index (χ2n) is 8.32. The van der Waals surface area contributed by atoms with E-state index in [1.165, 1.54) is 26.7 Å². The number of fused-ring (bicyclic) bond motifs is 1. The Morgan fingerprint density at radius 1 is 0.879 bits per heavy atom. The van der Waals surface area contributed by atoms with Crippen molar-refractivity contribution >= 4 is 26.7 Å². The molecule has 0 N–H and O–H groups in total. The Morgan fingerprint density at radius 2 is 1.55 bits per heavy atom. The number of hydrogen-bond acceptors (Lipinski definition) is 4. The molecule has 1 aliphatic heterocycles. The molecular weight excluding hydrogens is 434 g/mol. The summed E-state index contributed by atoms with van der Waals surface area (Å²) >= 11 is 0. The molecule has 0 atom stereocenters. The highest BCUT2D eigenvalue weighted by molar-refractivity contribution is 7.89. The Labute approximate surface area is 196 Å². The van der Waals surface area contributed by atoms with Crippen molar-refractivity contribution < 1.29 is 13.2 Å². The first kappa shape index (κ1) is 23.4. The van der Waals surface area contributed by atoms with Gasteiger partial charge in [0.15, 0.2) is 0 Å². The molecule has 1 aliphatic rings. The summed E-state index contributed by atoms with van der Waals surface area (Å²) in [7, 11) is -3.59. The van der Waals surface area contributed by atoms with Crippen LogP contribution in [-0.4, -0.2) is 67.7 Å². The molecule has 1 heterocycles. The monoisotopic (exact) mass is 465 g/mol. The fourth-order valence-corrected chi connectivity index (χ4v) is 5.97. The first-order chi connectivity index (χ1) is 15.9. The highest BCUT2D eigenvalue weighted by Crippen LogP contribution is 2.22. The summed E-state index contributed by atoms with van der Waals surface area (Å²) in [5.74, 6) is -0.114. The Balaban J connectivity index is 1.43. The first-order valence-corrected chi connectivity index (χ1v) is 13.0. The standard InChI is InChI=1S/C26H31N3O3S/c1-3-29(4-2)33(31,32)24-13-8-11-22(19-24)26(30)28-17-15-27(16-18-28)20-23-12-7-10-21-9-5-6-14-25(21)23/h5-14,19H,3-4,15-18,20H2,1-2H3. The Hall–Kier alpha value is -2.74. The van der Waals surface area contributed by atoms with E-state index in [1.807, 2.05) is 18.7 Å². The number of carbonyl (C=O) groups excluding carboxylic acids is 1. The van der Waals surface area contributed by atoms with Crippen molar-refractivity contribution in [2.45, 2.75) is 25.3 Å². The van der Waals surface area contributed by atoms with E-state index in [2.05, 4.69) is 47.4 Å². The molecule has 4 rings (SSSR count). The van der Waals surface area contributed by atoms with Gasteiger partial charge in [0.2, 0.25) is 10.0 Å². The molecule has 174 valence electrons. The summed E-state index contributed by atoms with van der Waals surface area (Å²) in [6, 6.07) is 21.2. The van der Waals surface area contributed by atoms with Crippen LogP contribution < -0.4 is 0 Å². The Bertz CT molecular complexity index is 1230. The maximum atomic E-state index is 13.1. The molecule has 6 nitrogen and oxygen atoms in total. The first-order valence-electron chi connectivity index (χ1n) is 11.5. The molecule has 1 saturated heterocycles. The molecule has 1 amide bonds. The van der Waals surface area contributed by atoms with Gasteiger partial charge in [-0.3, -0.25) is 9.69 Å².